The number of nitrogens with zero attached hydrogens (tertiary/aromatic N) is 1. The van der Waals surface area contributed by atoms with Crippen molar-refractivity contribution in [2.24, 2.45) is 0 Å². The molecule has 2 aromatic heterocycles. The lowest BCUT2D eigenvalue weighted by Gasteiger charge is -2.07. The van der Waals surface area contributed by atoms with E-state index in [9.17, 15) is 14.3 Å². The van der Waals surface area contributed by atoms with Gasteiger partial charge in [-0.15, -0.1) is 11.3 Å². The number of phenolic OH excluding ortho intramolecular Hbond substituents is 1. The number of aryl methyl sites for hydroxylation is 1. The molecule has 0 amide bonds. The van der Waals surface area contributed by atoms with E-state index >= 15 is 0 Å². The lowest BCUT2D eigenvalue weighted by atomic mass is 10.00. The number of fused-ring (bicyclic) bond motifs is 1. The van der Waals surface area contributed by atoms with Crippen molar-refractivity contribution in [2.75, 3.05) is 0 Å². The Hall–Kier alpha value is -2.92. The molecule has 3 nitrogen and oxygen atoms in total. The van der Waals surface area contributed by atoms with Gasteiger partial charge in [-0.3, -0.25) is 4.79 Å². The second kappa shape index (κ2) is 7.60. The van der Waals surface area contributed by atoms with E-state index in [0.717, 1.165) is 16.6 Å². The lowest BCUT2D eigenvalue weighted by molar-refractivity contribution is 0.0983. The third-order valence-electron chi connectivity index (χ3n) is 5.06. The first-order valence-electron chi connectivity index (χ1n) is 9.15. The fraction of sp³-hybridized carbons (Fsp3) is 0.174. The number of phenols is 1. The molecule has 0 aliphatic heterocycles. The van der Waals surface area contributed by atoms with Gasteiger partial charge in [-0.2, -0.15) is 0 Å². The van der Waals surface area contributed by atoms with E-state index in [-0.39, 0.29) is 23.8 Å². The maximum Gasteiger partial charge on any atom is 0.165 e. The summed E-state index contributed by atoms with van der Waals surface area (Å²) in [4.78, 5) is 14.3. The Morgan fingerprint density at radius 3 is 2.71 bits per heavy atom. The number of carbonyl (C=O) groups excluding carboxylic acids is 1. The van der Waals surface area contributed by atoms with Gasteiger partial charge in [-0.1, -0.05) is 24.3 Å². The predicted molar refractivity (Wildman–Crippen MR) is 111 cm³/mol. The van der Waals surface area contributed by atoms with Crippen LogP contribution in [0.4, 0.5) is 4.39 Å². The van der Waals surface area contributed by atoms with Crippen molar-refractivity contribution in [1.29, 1.82) is 0 Å². The van der Waals surface area contributed by atoms with E-state index in [0.29, 0.717) is 24.1 Å². The van der Waals surface area contributed by atoms with Gasteiger partial charge in [-0.25, -0.2) is 4.39 Å². The van der Waals surface area contributed by atoms with Crippen molar-refractivity contribution >= 4 is 28.0 Å². The molecule has 0 aliphatic carbocycles. The average Bonchev–Trinajstić information content (AvgIpc) is 3.28. The number of hydrogen-bond acceptors (Lipinski definition) is 3. The number of ketones is 1. The molecule has 0 spiro atoms. The Balaban J connectivity index is 1.71. The van der Waals surface area contributed by atoms with Crippen LogP contribution in [0.3, 0.4) is 0 Å². The zero-order chi connectivity index (χ0) is 19.7. The minimum absolute atomic E-state index is 0.0405. The first-order chi connectivity index (χ1) is 13.5. The highest BCUT2D eigenvalue weighted by molar-refractivity contribution is 7.09. The number of rotatable bonds is 6. The SMILES string of the molecule is Cc1c(C(=O)CCc2ccccc2F)c2cc(O)ccc2n1Cc1cccs1. The fourth-order valence-electron chi connectivity index (χ4n) is 3.66. The first kappa shape index (κ1) is 18.4. The molecule has 0 bridgehead atoms. The normalized spacial score (nSPS) is 11.2. The number of hydrogen-bond donors (Lipinski definition) is 1. The summed E-state index contributed by atoms with van der Waals surface area (Å²) in [5.74, 6) is -0.199. The van der Waals surface area contributed by atoms with Gasteiger partial charge in [0.1, 0.15) is 11.6 Å². The number of halogens is 1. The van der Waals surface area contributed by atoms with Gasteiger partial charge in [0.05, 0.1) is 6.54 Å². The molecule has 0 saturated heterocycles. The number of Topliss-reactive ketones (excluding diaryl/α,β-unsaturated/α-hetero) is 1. The molecule has 4 rings (SSSR count). The molecule has 5 heteroatoms. The minimum atomic E-state index is -0.287. The van der Waals surface area contributed by atoms with Gasteiger partial charge in [0.2, 0.25) is 0 Å². The third-order valence-corrected chi connectivity index (χ3v) is 5.92. The average molecular weight is 393 g/mol. The van der Waals surface area contributed by atoms with Crippen molar-refractivity contribution in [3.05, 3.63) is 87.5 Å². The molecule has 0 saturated carbocycles. The van der Waals surface area contributed by atoms with E-state index in [1.54, 1.807) is 41.7 Å². The maximum atomic E-state index is 13.9. The van der Waals surface area contributed by atoms with Gasteiger partial charge in [-0.05, 0) is 54.6 Å². The third kappa shape index (κ3) is 3.45. The van der Waals surface area contributed by atoms with Crippen LogP contribution in [-0.4, -0.2) is 15.5 Å². The predicted octanol–water partition coefficient (Wildman–Crippen LogP) is 5.72. The molecular formula is C23H20FNO2S. The molecule has 142 valence electrons. The lowest BCUT2D eigenvalue weighted by Crippen LogP contribution is -2.06. The Morgan fingerprint density at radius 2 is 1.96 bits per heavy atom. The van der Waals surface area contributed by atoms with Crippen LogP contribution < -0.4 is 0 Å². The number of aromatic nitrogens is 1. The summed E-state index contributed by atoms with van der Waals surface area (Å²) in [6, 6.07) is 15.7. The molecular weight excluding hydrogens is 373 g/mol. The van der Waals surface area contributed by atoms with Crippen LogP contribution in [0.5, 0.6) is 5.75 Å². The van der Waals surface area contributed by atoms with Crippen LogP contribution in [0.15, 0.2) is 60.0 Å². The molecule has 0 atom stereocenters. The van der Waals surface area contributed by atoms with Crippen molar-refractivity contribution < 1.29 is 14.3 Å². The van der Waals surface area contributed by atoms with Crippen LogP contribution in [0.2, 0.25) is 0 Å². The number of carbonyl (C=O) groups is 1. The highest BCUT2D eigenvalue weighted by Gasteiger charge is 2.21. The molecule has 2 aromatic carbocycles. The summed E-state index contributed by atoms with van der Waals surface area (Å²) in [6.07, 6.45) is 0.566. The van der Waals surface area contributed by atoms with Crippen LogP contribution in [0.1, 0.15) is 32.9 Å². The summed E-state index contributed by atoms with van der Waals surface area (Å²) in [7, 11) is 0. The fourth-order valence-corrected chi connectivity index (χ4v) is 4.35. The monoisotopic (exact) mass is 393 g/mol. The van der Waals surface area contributed by atoms with Gasteiger partial charge >= 0.3 is 0 Å². The van der Waals surface area contributed by atoms with Crippen molar-refractivity contribution in [3.63, 3.8) is 0 Å². The van der Waals surface area contributed by atoms with Gasteiger partial charge < -0.3 is 9.67 Å². The smallest absolute Gasteiger partial charge is 0.165 e. The molecule has 2 heterocycles. The summed E-state index contributed by atoms with van der Waals surface area (Å²) in [5, 5.41) is 12.7. The zero-order valence-electron chi connectivity index (χ0n) is 15.5. The van der Waals surface area contributed by atoms with Crippen LogP contribution in [-0.2, 0) is 13.0 Å². The number of thiophene rings is 1. The van der Waals surface area contributed by atoms with Crippen LogP contribution >= 0.6 is 11.3 Å². The number of benzene rings is 2. The van der Waals surface area contributed by atoms with E-state index in [1.165, 1.54) is 10.9 Å². The van der Waals surface area contributed by atoms with Gasteiger partial charge in [0.25, 0.3) is 0 Å². The van der Waals surface area contributed by atoms with E-state index in [4.69, 9.17) is 0 Å². The molecule has 1 N–H and O–H groups in total. The van der Waals surface area contributed by atoms with Crippen LogP contribution in [0.25, 0.3) is 10.9 Å². The Kier molecular flexibility index (Phi) is 5.01. The highest BCUT2D eigenvalue weighted by Crippen LogP contribution is 2.31. The molecule has 0 fully saturated rings. The zero-order valence-corrected chi connectivity index (χ0v) is 16.3. The largest absolute Gasteiger partial charge is 0.508 e. The summed E-state index contributed by atoms with van der Waals surface area (Å²) < 4.78 is 16.0. The van der Waals surface area contributed by atoms with E-state index in [2.05, 4.69) is 10.6 Å². The molecule has 28 heavy (non-hydrogen) atoms. The second-order valence-electron chi connectivity index (χ2n) is 6.84. The van der Waals surface area contributed by atoms with Gasteiger partial charge in [0.15, 0.2) is 5.78 Å². The Morgan fingerprint density at radius 1 is 1.14 bits per heavy atom. The minimum Gasteiger partial charge on any atom is -0.508 e. The van der Waals surface area contributed by atoms with Gasteiger partial charge in [0, 0.05) is 33.5 Å². The van der Waals surface area contributed by atoms with E-state index in [1.807, 2.05) is 24.4 Å². The quantitative estimate of drug-likeness (QED) is 0.426. The first-order valence-corrected chi connectivity index (χ1v) is 10.0. The van der Waals surface area contributed by atoms with Crippen molar-refractivity contribution in [1.82, 2.24) is 4.57 Å². The van der Waals surface area contributed by atoms with E-state index < -0.39 is 0 Å². The second-order valence-corrected chi connectivity index (χ2v) is 7.87. The summed E-state index contributed by atoms with van der Waals surface area (Å²) in [5.41, 5.74) is 2.93. The Bertz CT molecular complexity index is 1150. The topological polar surface area (TPSA) is 42.2 Å². The van der Waals surface area contributed by atoms with Crippen LogP contribution in [0, 0.1) is 12.7 Å². The molecule has 4 aromatic rings. The molecule has 0 unspecified atom stereocenters. The Labute approximate surface area is 166 Å². The standard InChI is InChI=1S/C23H20FNO2S/c1-15-23(22(27)11-8-16-5-2-3-7-20(16)24)19-13-17(26)9-10-21(19)25(15)14-18-6-4-12-28-18/h2-7,9-10,12-13,26H,8,11,14H2,1H3. The van der Waals surface area contributed by atoms with Crippen molar-refractivity contribution in [3.8, 4) is 5.75 Å². The highest BCUT2D eigenvalue weighted by atomic mass is 32.1. The van der Waals surface area contributed by atoms with Crippen molar-refractivity contribution in [2.45, 2.75) is 26.3 Å². The summed E-state index contributed by atoms with van der Waals surface area (Å²) >= 11 is 1.67. The molecule has 0 aliphatic rings. The summed E-state index contributed by atoms with van der Waals surface area (Å²) in [6.45, 7) is 2.60. The number of aromatic hydroxyl groups is 1. The molecule has 0 radical (unpaired) electrons. The maximum absolute atomic E-state index is 13.9.